The van der Waals surface area contributed by atoms with E-state index in [2.05, 4.69) is 23.9 Å². The van der Waals surface area contributed by atoms with E-state index in [0.29, 0.717) is 12.6 Å². The Kier molecular flexibility index (Phi) is 3.86. The van der Waals surface area contributed by atoms with Crippen LogP contribution in [-0.2, 0) is 0 Å². The van der Waals surface area contributed by atoms with E-state index in [1.54, 1.807) is 0 Å². The second kappa shape index (κ2) is 4.94. The van der Waals surface area contributed by atoms with E-state index >= 15 is 0 Å². The molecule has 0 aliphatic carbocycles. The van der Waals surface area contributed by atoms with Gasteiger partial charge in [-0.15, -0.1) is 0 Å². The molecule has 0 aliphatic rings. The first kappa shape index (κ1) is 10.2. The second-order valence-corrected chi connectivity index (χ2v) is 3.11. The summed E-state index contributed by atoms with van der Waals surface area (Å²) in [6, 6.07) is 4.35. The predicted octanol–water partition coefficient (Wildman–Crippen LogP) is 1.03. The highest BCUT2D eigenvalue weighted by Gasteiger charge is 2.12. The lowest BCUT2D eigenvalue weighted by molar-refractivity contribution is 0.263. The van der Waals surface area contributed by atoms with Gasteiger partial charge in [0.05, 0.1) is 0 Å². The van der Waals surface area contributed by atoms with Gasteiger partial charge in [-0.2, -0.15) is 0 Å². The summed E-state index contributed by atoms with van der Waals surface area (Å²) in [6.45, 7) is 3.78. The Balaban J connectivity index is 2.78. The Morgan fingerprint density at radius 3 is 2.54 bits per heavy atom. The van der Waals surface area contributed by atoms with E-state index in [1.165, 1.54) is 5.56 Å². The Morgan fingerprint density at radius 1 is 1.46 bits per heavy atom. The predicted molar refractivity (Wildman–Crippen MR) is 54.3 cm³/mol. The van der Waals surface area contributed by atoms with Crippen LogP contribution in [0.3, 0.4) is 0 Å². The van der Waals surface area contributed by atoms with Gasteiger partial charge >= 0.3 is 0 Å². The molecule has 0 bridgehead atoms. The Hall–Kier alpha value is -0.930. The topological polar surface area (TPSA) is 42.1 Å². The number of rotatable bonds is 4. The molecular weight excluding hydrogens is 162 g/mol. The minimum Gasteiger partial charge on any atom is -0.329 e. The lowest BCUT2D eigenvalue weighted by Gasteiger charge is -2.25. The molecule has 0 saturated carbocycles. The van der Waals surface area contributed by atoms with Crippen molar-refractivity contribution in [1.82, 2.24) is 9.88 Å². The van der Waals surface area contributed by atoms with Gasteiger partial charge < -0.3 is 5.73 Å². The van der Waals surface area contributed by atoms with E-state index in [0.717, 1.165) is 6.54 Å². The number of hydrogen-bond donors (Lipinski definition) is 1. The first-order valence-electron chi connectivity index (χ1n) is 4.59. The number of nitrogens with two attached hydrogens (primary N) is 1. The van der Waals surface area contributed by atoms with Gasteiger partial charge in [0, 0.05) is 25.0 Å². The highest BCUT2D eigenvalue weighted by molar-refractivity contribution is 5.15. The molecule has 0 spiro atoms. The Labute approximate surface area is 79.6 Å². The SMILES string of the molecule is CCN(C)C(CN)c1ccncc1. The van der Waals surface area contributed by atoms with Gasteiger partial charge in [0.15, 0.2) is 0 Å². The molecule has 0 fully saturated rings. The summed E-state index contributed by atoms with van der Waals surface area (Å²) in [7, 11) is 2.08. The Morgan fingerprint density at radius 2 is 2.08 bits per heavy atom. The molecule has 0 amide bonds. The third-order valence-corrected chi connectivity index (χ3v) is 2.34. The molecule has 1 aromatic heterocycles. The molecule has 72 valence electrons. The van der Waals surface area contributed by atoms with Gasteiger partial charge in [-0.25, -0.2) is 0 Å². The summed E-state index contributed by atoms with van der Waals surface area (Å²) in [5, 5.41) is 0. The molecule has 3 nitrogen and oxygen atoms in total. The van der Waals surface area contributed by atoms with Crippen molar-refractivity contribution in [3.63, 3.8) is 0 Å². The average Bonchev–Trinajstić information content (AvgIpc) is 2.20. The molecule has 0 aromatic carbocycles. The fourth-order valence-corrected chi connectivity index (χ4v) is 1.38. The van der Waals surface area contributed by atoms with Crippen LogP contribution in [0, 0.1) is 0 Å². The maximum absolute atomic E-state index is 5.72. The van der Waals surface area contributed by atoms with Crippen molar-refractivity contribution in [1.29, 1.82) is 0 Å². The maximum atomic E-state index is 5.72. The molecule has 0 aliphatic heterocycles. The molecular formula is C10H17N3. The molecule has 0 radical (unpaired) electrons. The first-order chi connectivity index (χ1) is 6.29. The van der Waals surface area contributed by atoms with Gasteiger partial charge in [0.2, 0.25) is 0 Å². The molecule has 13 heavy (non-hydrogen) atoms. The summed E-state index contributed by atoms with van der Waals surface area (Å²) in [4.78, 5) is 6.22. The van der Waals surface area contributed by atoms with E-state index in [4.69, 9.17) is 5.73 Å². The number of pyridine rings is 1. The monoisotopic (exact) mass is 179 g/mol. The third kappa shape index (κ3) is 2.50. The molecule has 0 saturated heterocycles. The minimum absolute atomic E-state index is 0.313. The van der Waals surface area contributed by atoms with Crippen molar-refractivity contribution in [2.45, 2.75) is 13.0 Å². The minimum atomic E-state index is 0.313. The standard InChI is InChI=1S/C10H17N3/c1-3-13(2)10(8-11)9-4-6-12-7-5-9/h4-7,10H,3,8,11H2,1-2H3. The van der Waals surface area contributed by atoms with Crippen LogP contribution in [0.25, 0.3) is 0 Å². The molecule has 1 heterocycles. The number of likely N-dealkylation sites (N-methyl/N-ethyl adjacent to an activating group) is 1. The van der Waals surface area contributed by atoms with Crippen molar-refractivity contribution < 1.29 is 0 Å². The zero-order valence-electron chi connectivity index (χ0n) is 8.27. The normalized spacial score (nSPS) is 13.2. The van der Waals surface area contributed by atoms with Crippen molar-refractivity contribution in [2.24, 2.45) is 5.73 Å². The highest BCUT2D eigenvalue weighted by Crippen LogP contribution is 2.16. The van der Waals surface area contributed by atoms with Gasteiger partial charge in [-0.3, -0.25) is 9.88 Å². The van der Waals surface area contributed by atoms with Crippen molar-refractivity contribution in [3.05, 3.63) is 30.1 Å². The molecule has 2 N–H and O–H groups in total. The first-order valence-corrected chi connectivity index (χ1v) is 4.59. The summed E-state index contributed by atoms with van der Waals surface area (Å²) < 4.78 is 0. The van der Waals surface area contributed by atoms with E-state index in [1.807, 2.05) is 24.5 Å². The largest absolute Gasteiger partial charge is 0.329 e. The third-order valence-electron chi connectivity index (χ3n) is 2.34. The Bertz CT molecular complexity index is 235. The van der Waals surface area contributed by atoms with Crippen LogP contribution in [0.2, 0.25) is 0 Å². The van der Waals surface area contributed by atoms with Crippen LogP contribution in [0.5, 0.6) is 0 Å². The fourth-order valence-electron chi connectivity index (χ4n) is 1.38. The summed E-state index contributed by atoms with van der Waals surface area (Å²) >= 11 is 0. The van der Waals surface area contributed by atoms with Crippen LogP contribution in [0.15, 0.2) is 24.5 Å². The zero-order chi connectivity index (χ0) is 9.68. The van der Waals surface area contributed by atoms with Crippen LogP contribution in [0.4, 0.5) is 0 Å². The molecule has 1 unspecified atom stereocenters. The molecule has 1 rings (SSSR count). The van der Waals surface area contributed by atoms with Crippen molar-refractivity contribution in [3.8, 4) is 0 Å². The summed E-state index contributed by atoms with van der Waals surface area (Å²) in [5.74, 6) is 0. The van der Waals surface area contributed by atoms with Gasteiger partial charge in [0.25, 0.3) is 0 Å². The summed E-state index contributed by atoms with van der Waals surface area (Å²) in [5.41, 5.74) is 6.96. The van der Waals surface area contributed by atoms with Gasteiger partial charge in [0.1, 0.15) is 0 Å². The smallest absolute Gasteiger partial charge is 0.0468 e. The fraction of sp³-hybridized carbons (Fsp3) is 0.500. The number of aromatic nitrogens is 1. The average molecular weight is 179 g/mol. The number of hydrogen-bond acceptors (Lipinski definition) is 3. The molecule has 1 atom stereocenters. The quantitative estimate of drug-likeness (QED) is 0.750. The van der Waals surface area contributed by atoms with E-state index in [9.17, 15) is 0 Å². The number of nitrogens with zero attached hydrogens (tertiary/aromatic N) is 2. The van der Waals surface area contributed by atoms with Gasteiger partial charge in [-0.1, -0.05) is 6.92 Å². The lowest BCUT2D eigenvalue weighted by atomic mass is 10.1. The maximum Gasteiger partial charge on any atom is 0.0468 e. The van der Waals surface area contributed by atoms with Crippen molar-refractivity contribution >= 4 is 0 Å². The van der Waals surface area contributed by atoms with E-state index < -0.39 is 0 Å². The summed E-state index contributed by atoms with van der Waals surface area (Å²) in [6.07, 6.45) is 3.61. The zero-order valence-corrected chi connectivity index (χ0v) is 8.27. The van der Waals surface area contributed by atoms with Gasteiger partial charge in [-0.05, 0) is 31.3 Å². The van der Waals surface area contributed by atoms with Crippen LogP contribution in [-0.4, -0.2) is 30.0 Å². The van der Waals surface area contributed by atoms with Crippen LogP contribution in [0.1, 0.15) is 18.5 Å². The second-order valence-electron chi connectivity index (χ2n) is 3.11. The molecule has 1 aromatic rings. The highest BCUT2D eigenvalue weighted by atomic mass is 15.1. The van der Waals surface area contributed by atoms with Crippen LogP contribution < -0.4 is 5.73 Å². The van der Waals surface area contributed by atoms with Crippen LogP contribution >= 0.6 is 0 Å². The lowest BCUT2D eigenvalue weighted by Crippen LogP contribution is -2.30. The van der Waals surface area contributed by atoms with Crippen molar-refractivity contribution in [2.75, 3.05) is 20.1 Å². The van der Waals surface area contributed by atoms with E-state index in [-0.39, 0.29) is 0 Å². The molecule has 3 heteroatoms.